The molecule has 0 saturated heterocycles. The number of ether oxygens (including phenoxy) is 1. The van der Waals surface area contributed by atoms with E-state index >= 15 is 0 Å². The molecule has 1 unspecified atom stereocenters. The Balaban J connectivity index is 1.78. The van der Waals surface area contributed by atoms with E-state index in [-0.39, 0.29) is 31.8 Å². The van der Waals surface area contributed by atoms with Gasteiger partial charge in [0.25, 0.3) is 0 Å². The van der Waals surface area contributed by atoms with Crippen LogP contribution in [-0.4, -0.2) is 55.5 Å². The molecule has 1 heterocycles. The SMILES string of the molecule is CC(C)CC(NC(=O)[C@H](Cc1c[nH]cn1)NC(=O)[C@H](Cc1ccccc1)NC(=O)OCc1ccccc1)P(=O)(O)O. The second-order valence-electron chi connectivity index (χ2n) is 10.0. The standard InChI is InChI=1S/C28H36N5O7P/c1-19(2)13-25(41(37,38)39)33-27(35)24(15-22-16-29-18-30-22)31-26(34)23(14-20-9-5-3-6-10-20)32-28(36)40-17-21-11-7-4-8-12-21/h3-12,16,18-19,23-25H,13-15,17H2,1-2H3,(H,29,30)(H,31,34)(H,32,36)(H,33,35)(H2,37,38,39)/t23-,24-,25?/m0/s1. The number of rotatable bonds is 14. The lowest BCUT2D eigenvalue weighted by Gasteiger charge is -2.26. The van der Waals surface area contributed by atoms with Gasteiger partial charge in [-0.15, -0.1) is 0 Å². The van der Waals surface area contributed by atoms with Gasteiger partial charge in [0.15, 0.2) is 0 Å². The van der Waals surface area contributed by atoms with Crippen molar-refractivity contribution in [1.82, 2.24) is 25.9 Å². The number of nitrogens with one attached hydrogen (secondary N) is 4. The van der Waals surface area contributed by atoms with Gasteiger partial charge in [0.05, 0.1) is 12.0 Å². The predicted octanol–water partition coefficient (Wildman–Crippen LogP) is 2.64. The number of benzene rings is 2. The second kappa shape index (κ2) is 15.1. The first-order chi connectivity index (χ1) is 19.5. The fraction of sp³-hybridized carbons (Fsp3) is 0.357. The topological polar surface area (TPSA) is 183 Å². The number of hydrogen-bond donors (Lipinski definition) is 6. The maximum atomic E-state index is 13.5. The third kappa shape index (κ3) is 10.8. The number of amides is 3. The molecular weight excluding hydrogens is 549 g/mol. The number of alkyl carbamates (subject to hydrolysis) is 1. The third-order valence-corrected chi connectivity index (χ3v) is 7.27. The van der Waals surface area contributed by atoms with E-state index in [0.717, 1.165) is 11.1 Å². The van der Waals surface area contributed by atoms with Crippen LogP contribution < -0.4 is 16.0 Å². The number of aromatic nitrogens is 2. The summed E-state index contributed by atoms with van der Waals surface area (Å²) in [5.41, 5.74) is 1.96. The highest BCUT2D eigenvalue weighted by atomic mass is 31.2. The molecule has 0 radical (unpaired) electrons. The Labute approximate surface area is 238 Å². The number of aromatic amines is 1. The summed E-state index contributed by atoms with van der Waals surface area (Å²) in [4.78, 5) is 66.0. The number of nitrogens with zero attached hydrogens (tertiary/aromatic N) is 1. The average molecular weight is 586 g/mol. The van der Waals surface area contributed by atoms with E-state index in [1.54, 1.807) is 56.4 Å². The van der Waals surface area contributed by atoms with E-state index in [9.17, 15) is 28.7 Å². The highest BCUT2D eigenvalue weighted by Crippen LogP contribution is 2.42. The van der Waals surface area contributed by atoms with Gasteiger partial charge in [0.1, 0.15) is 24.5 Å². The van der Waals surface area contributed by atoms with Gasteiger partial charge >= 0.3 is 13.7 Å². The summed E-state index contributed by atoms with van der Waals surface area (Å²) in [5.74, 6) is -3.02. The van der Waals surface area contributed by atoms with Crippen LogP contribution in [0.2, 0.25) is 0 Å². The zero-order chi connectivity index (χ0) is 29.8. The molecule has 3 amide bonds. The predicted molar refractivity (Wildman–Crippen MR) is 151 cm³/mol. The number of carbonyl (C=O) groups excluding carboxylic acids is 3. The number of hydrogen-bond acceptors (Lipinski definition) is 6. The van der Waals surface area contributed by atoms with Crippen molar-refractivity contribution in [2.75, 3.05) is 0 Å². The van der Waals surface area contributed by atoms with E-state index in [1.807, 2.05) is 24.3 Å². The van der Waals surface area contributed by atoms with Gasteiger partial charge in [0.2, 0.25) is 11.8 Å². The molecular formula is C28H36N5O7P. The first kappa shape index (κ1) is 31.5. The molecule has 3 atom stereocenters. The van der Waals surface area contributed by atoms with Crippen molar-refractivity contribution >= 4 is 25.5 Å². The Morgan fingerprint density at radius 3 is 2.02 bits per heavy atom. The van der Waals surface area contributed by atoms with Crippen molar-refractivity contribution in [3.63, 3.8) is 0 Å². The summed E-state index contributed by atoms with van der Waals surface area (Å²) in [6.07, 6.45) is 2.20. The van der Waals surface area contributed by atoms with Gasteiger partial charge in [-0.3, -0.25) is 14.2 Å². The van der Waals surface area contributed by atoms with Crippen molar-refractivity contribution in [2.24, 2.45) is 5.92 Å². The number of H-pyrrole nitrogens is 1. The molecule has 6 N–H and O–H groups in total. The Kier molecular flexibility index (Phi) is 11.6. The Morgan fingerprint density at radius 2 is 1.46 bits per heavy atom. The molecule has 3 aromatic rings. The van der Waals surface area contributed by atoms with Gasteiger partial charge in [-0.2, -0.15) is 0 Å². The van der Waals surface area contributed by atoms with Crippen LogP contribution in [0, 0.1) is 5.92 Å². The summed E-state index contributed by atoms with van der Waals surface area (Å²) in [6, 6.07) is 15.7. The molecule has 2 aromatic carbocycles. The molecule has 0 aliphatic heterocycles. The lowest BCUT2D eigenvalue weighted by Crippen LogP contribution is -2.56. The zero-order valence-electron chi connectivity index (χ0n) is 22.9. The minimum Gasteiger partial charge on any atom is -0.445 e. The maximum absolute atomic E-state index is 13.5. The molecule has 13 heteroatoms. The molecule has 1 aromatic heterocycles. The van der Waals surface area contributed by atoms with Gasteiger partial charge in [-0.05, 0) is 23.5 Å². The molecule has 12 nitrogen and oxygen atoms in total. The van der Waals surface area contributed by atoms with Crippen LogP contribution in [0.25, 0.3) is 0 Å². The smallest absolute Gasteiger partial charge is 0.408 e. The minimum absolute atomic E-state index is 0.00381. The fourth-order valence-corrected chi connectivity index (χ4v) is 5.04. The molecule has 0 fully saturated rings. The normalized spacial score (nSPS) is 13.6. The lowest BCUT2D eigenvalue weighted by atomic mass is 10.0. The monoisotopic (exact) mass is 585 g/mol. The van der Waals surface area contributed by atoms with Crippen molar-refractivity contribution in [1.29, 1.82) is 0 Å². The van der Waals surface area contributed by atoms with Crippen LogP contribution in [0.1, 0.15) is 37.1 Å². The summed E-state index contributed by atoms with van der Waals surface area (Å²) in [7, 11) is -4.69. The van der Waals surface area contributed by atoms with E-state index < -0.39 is 43.4 Å². The van der Waals surface area contributed by atoms with E-state index in [4.69, 9.17) is 4.74 Å². The summed E-state index contributed by atoms with van der Waals surface area (Å²) in [5, 5.41) is 7.62. The first-order valence-corrected chi connectivity index (χ1v) is 14.8. The highest BCUT2D eigenvalue weighted by molar-refractivity contribution is 7.52. The van der Waals surface area contributed by atoms with Crippen molar-refractivity contribution in [3.05, 3.63) is 90.0 Å². The summed E-state index contributed by atoms with van der Waals surface area (Å²) in [6.45, 7) is 3.54. The van der Waals surface area contributed by atoms with Crippen LogP contribution >= 0.6 is 7.60 Å². The largest absolute Gasteiger partial charge is 0.445 e. The zero-order valence-corrected chi connectivity index (χ0v) is 23.8. The average Bonchev–Trinajstić information content (AvgIpc) is 3.44. The van der Waals surface area contributed by atoms with Gasteiger partial charge in [-0.1, -0.05) is 74.5 Å². The molecule has 0 aliphatic rings. The fourth-order valence-electron chi connectivity index (χ4n) is 4.05. The maximum Gasteiger partial charge on any atom is 0.408 e. The van der Waals surface area contributed by atoms with Crippen LogP contribution in [-0.2, 0) is 38.3 Å². The molecule has 3 rings (SSSR count). The third-order valence-electron chi connectivity index (χ3n) is 6.11. The van der Waals surface area contributed by atoms with Gasteiger partial charge < -0.3 is 35.5 Å². The Hall–Kier alpha value is -3.99. The quantitative estimate of drug-likeness (QED) is 0.156. The Morgan fingerprint density at radius 1 is 0.878 bits per heavy atom. The van der Waals surface area contributed by atoms with E-state index in [0.29, 0.717) is 5.69 Å². The number of carbonyl (C=O) groups is 3. The van der Waals surface area contributed by atoms with Crippen LogP contribution in [0.15, 0.2) is 73.2 Å². The molecule has 0 saturated carbocycles. The van der Waals surface area contributed by atoms with Crippen molar-refractivity contribution in [3.8, 4) is 0 Å². The molecule has 41 heavy (non-hydrogen) atoms. The van der Waals surface area contributed by atoms with Crippen LogP contribution in [0.3, 0.4) is 0 Å². The highest BCUT2D eigenvalue weighted by Gasteiger charge is 2.34. The van der Waals surface area contributed by atoms with Crippen LogP contribution in [0.5, 0.6) is 0 Å². The molecule has 0 aliphatic carbocycles. The van der Waals surface area contributed by atoms with Gasteiger partial charge in [-0.25, -0.2) is 9.78 Å². The Bertz CT molecular complexity index is 1300. The van der Waals surface area contributed by atoms with Crippen LogP contribution in [0.4, 0.5) is 4.79 Å². The van der Waals surface area contributed by atoms with E-state index in [1.165, 1.54) is 6.33 Å². The second-order valence-corrected chi connectivity index (χ2v) is 11.8. The first-order valence-electron chi connectivity index (χ1n) is 13.2. The molecule has 220 valence electrons. The molecule has 0 spiro atoms. The summed E-state index contributed by atoms with van der Waals surface area (Å²) < 4.78 is 17.4. The number of imidazole rings is 1. The summed E-state index contributed by atoms with van der Waals surface area (Å²) >= 11 is 0. The van der Waals surface area contributed by atoms with Crippen molar-refractivity contribution < 1.29 is 33.5 Å². The van der Waals surface area contributed by atoms with Crippen molar-refractivity contribution in [2.45, 2.75) is 57.6 Å². The van der Waals surface area contributed by atoms with Gasteiger partial charge in [0, 0.05) is 19.0 Å². The molecule has 0 bridgehead atoms. The minimum atomic E-state index is -4.69. The lowest BCUT2D eigenvalue weighted by molar-refractivity contribution is -0.130. The van der Waals surface area contributed by atoms with E-state index in [2.05, 4.69) is 25.9 Å².